The molecule has 0 atom stereocenters. The van der Waals surface area contributed by atoms with E-state index < -0.39 is 5.91 Å². The zero-order valence-electron chi connectivity index (χ0n) is 25.7. The second-order valence-electron chi connectivity index (χ2n) is 10.5. The Morgan fingerprint density at radius 2 is 1.91 bits per heavy atom. The van der Waals surface area contributed by atoms with Gasteiger partial charge in [0.25, 0.3) is 17.8 Å². The van der Waals surface area contributed by atoms with Crippen LogP contribution in [0.5, 0.6) is 5.75 Å². The summed E-state index contributed by atoms with van der Waals surface area (Å²) in [6.45, 7) is 5.13. The van der Waals surface area contributed by atoms with E-state index in [-0.39, 0.29) is 23.3 Å². The topological polar surface area (TPSA) is 175 Å². The second kappa shape index (κ2) is 12.9. The number of benzene rings is 2. The number of oxazole rings is 1. The largest absolute Gasteiger partial charge is 0.494 e. The van der Waals surface area contributed by atoms with Gasteiger partial charge in [0.15, 0.2) is 5.76 Å². The van der Waals surface area contributed by atoms with E-state index in [1.807, 2.05) is 24.5 Å². The number of nitrogens with zero attached hydrogens (tertiary/aromatic N) is 6. The Morgan fingerprint density at radius 1 is 1.11 bits per heavy atom. The van der Waals surface area contributed by atoms with Crippen molar-refractivity contribution in [2.24, 2.45) is 5.73 Å². The molecular weight excluding hydrogens is 578 g/mol. The Bertz CT molecular complexity index is 1890. The lowest BCUT2D eigenvalue weighted by Crippen LogP contribution is -2.21. The Kier molecular flexibility index (Phi) is 8.83. The van der Waals surface area contributed by atoms with Crippen LogP contribution in [0.1, 0.15) is 50.2 Å². The van der Waals surface area contributed by atoms with Crippen molar-refractivity contribution in [2.45, 2.75) is 33.4 Å². The van der Waals surface area contributed by atoms with E-state index in [1.165, 1.54) is 12.0 Å². The first-order valence-corrected chi connectivity index (χ1v) is 14.3. The predicted molar refractivity (Wildman–Crippen MR) is 168 cm³/mol. The lowest BCUT2D eigenvalue weighted by molar-refractivity contribution is 0.0827. The third-order valence-electron chi connectivity index (χ3n) is 7.11. The molecule has 5 aromatic rings. The van der Waals surface area contributed by atoms with Gasteiger partial charge in [0.2, 0.25) is 11.9 Å². The Hall–Kier alpha value is -5.66. The van der Waals surface area contributed by atoms with Gasteiger partial charge in [-0.2, -0.15) is 5.10 Å². The highest BCUT2D eigenvalue weighted by Crippen LogP contribution is 2.31. The molecule has 0 radical (unpaired) electrons. The van der Waals surface area contributed by atoms with Crippen molar-refractivity contribution >= 4 is 40.7 Å². The van der Waals surface area contributed by atoms with Crippen molar-refractivity contribution in [1.29, 1.82) is 0 Å². The van der Waals surface area contributed by atoms with Gasteiger partial charge >= 0.3 is 0 Å². The van der Waals surface area contributed by atoms with Crippen LogP contribution in [0.3, 0.4) is 0 Å². The van der Waals surface area contributed by atoms with Crippen molar-refractivity contribution < 1.29 is 23.5 Å². The molecule has 4 N–H and O–H groups in total. The summed E-state index contributed by atoms with van der Waals surface area (Å²) in [5.41, 5.74) is 9.22. The molecule has 0 saturated heterocycles. The van der Waals surface area contributed by atoms with Gasteiger partial charge in [-0.15, -0.1) is 0 Å². The van der Waals surface area contributed by atoms with Crippen molar-refractivity contribution in [3.05, 3.63) is 71.2 Å². The fraction of sp³-hybridized carbons (Fsp3) is 0.290. The third kappa shape index (κ3) is 6.49. The third-order valence-corrected chi connectivity index (χ3v) is 7.11. The second-order valence-corrected chi connectivity index (χ2v) is 10.5. The van der Waals surface area contributed by atoms with Crippen LogP contribution in [-0.2, 0) is 13.1 Å². The van der Waals surface area contributed by atoms with Crippen LogP contribution in [0.4, 0.5) is 12.0 Å². The van der Waals surface area contributed by atoms with Gasteiger partial charge in [-0.3, -0.25) is 24.4 Å². The van der Waals surface area contributed by atoms with Crippen molar-refractivity contribution in [3.8, 4) is 17.1 Å². The van der Waals surface area contributed by atoms with Crippen molar-refractivity contribution in [1.82, 2.24) is 29.2 Å². The Morgan fingerprint density at radius 3 is 2.62 bits per heavy atom. The quantitative estimate of drug-likeness (QED) is 0.177. The molecule has 14 heteroatoms. The van der Waals surface area contributed by atoms with Crippen LogP contribution in [0.15, 0.2) is 53.1 Å². The van der Waals surface area contributed by atoms with Crippen LogP contribution < -0.4 is 21.1 Å². The highest BCUT2D eigenvalue weighted by atomic mass is 16.5. The lowest BCUT2D eigenvalue weighted by Gasteiger charge is -2.13. The van der Waals surface area contributed by atoms with Gasteiger partial charge in [-0.1, -0.05) is 12.1 Å². The number of primary amides is 1. The number of aryl methyl sites for hydroxylation is 3. The fourth-order valence-electron chi connectivity index (χ4n) is 4.96. The fourth-order valence-corrected chi connectivity index (χ4v) is 4.96. The molecule has 0 saturated carbocycles. The summed E-state index contributed by atoms with van der Waals surface area (Å²) in [5.74, 6) is 0.0954. The van der Waals surface area contributed by atoms with Gasteiger partial charge in [0, 0.05) is 50.4 Å². The number of rotatable bonds is 12. The number of fused-ring (bicyclic) bond motifs is 1. The van der Waals surface area contributed by atoms with Crippen LogP contribution in [0, 0.1) is 6.92 Å². The van der Waals surface area contributed by atoms with E-state index in [0.717, 1.165) is 11.3 Å². The average Bonchev–Trinajstić information content (AvgIpc) is 3.75. The van der Waals surface area contributed by atoms with Gasteiger partial charge in [0.1, 0.15) is 17.0 Å². The summed E-state index contributed by atoms with van der Waals surface area (Å²) < 4.78 is 14.9. The maximum absolute atomic E-state index is 13.3. The minimum absolute atomic E-state index is 0.106. The number of nitrogens with one attached hydrogen (secondary N) is 2. The number of carbonyl (C=O) groups excluding carboxylic acids is 3. The molecule has 5 rings (SSSR count). The molecule has 2 aromatic carbocycles. The summed E-state index contributed by atoms with van der Waals surface area (Å²) in [7, 11) is 4.89. The first kappa shape index (κ1) is 30.8. The number of hydrogen-bond donors (Lipinski definition) is 3. The number of nitrogens with two attached hydrogens (primary N) is 1. The lowest BCUT2D eigenvalue weighted by atomic mass is 10.1. The molecule has 0 bridgehead atoms. The first-order valence-electron chi connectivity index (χ1n) is 14.3. The zero-order valence-corrected chi connectivity index (χ0v) is 25.7. The Labute approximate surface area is 259 Å². The summed E-state index contributed by atoms with van der Waals surface area (Å²) in [6.07, 6.45) is 2.17. The normalized spacial score (nSPS) is 11.0. The molecule has 0 fully saturated rings. The number of ether oxygens (including phenoxy) is 1. The number of aromatic nitrogens is 5. The molecule has 0 spiro atoms. The predicted octanol–water partition coefficient (Wildman–Crippen LogP) is 3.78. The van der Waals surface area contributed by atoms with Gasteiger partial charge in [0.05, 0.1) is 24.5 Å². The molecule has 3 heterocycles. The molecule has 3 aromatic heterocycles. The zero-order chi connectivity index (χ0) is 32.2. The van der Waals surface area contributed by atoms with Gasteiger partial charge in [-0.05, 0) is 50.6 Å². The Balaban J connectivity index is 1.35. The summed E-state index contributed by atoms with van der Waals surface area (Å²) in [5, 5.41) is 10.4. The highest BCUT2D eigenvalue weighted by molar-refractivity contribution is 6.04. The maximum atomic E-state index is 13.3. The van der Waals surface area contributed by atoms with Crippen molar-refractivity contribution in [2.75, 3.05) is 38.4 Å². The molecule has 14 nitrogen and oxygen atoms in total. The van der Waals surface area contributed by atoms with E-state index in [9.17, 15) is 14.4 Å². The van der Waals surface area contributed by atoms with Gasteiger partial charge < -0.3 is 29.7 Å². The number of hydrogen-bond acceptors (Lipinski definition) is 9. The molecule has 3 amide bonds. The van der Waals surface area contributed by atoms with Crippen molar-refractivity contribution in [3.63, 3.8) is 0 Å². The van der Waals surface area contributed by atoms with E-state index in [0.29, 0.717) is 65.9 Å². The molecule has 234 valence electrons. The SMILES string of the molecule is CCn1nc(C)cc1C(=O)Nc1nc2cc(C(N)=O)cc(OC)c2n1CCCNc1ncc(-c2cccc(C(=O)N(C)C)c2)o1. The number of carbonyl (C=O) groups is 3. The number of anilines is 2. The first-order chi connectivity index (χ1) is 21.6. The standard InChI is InChI=1S/C31H35N9O5/c1-6-40-23(13-18(2)37-40)28(42)36-30-35-22-15-21(27(32)41)16-24(44-5)26(22)39(30)12-8-11-33-31-34-17-25(45-31)19-9-7-10-20(14-19)29(43)38(3)4/h7,9-10,13-17H,6,8,11-12H2,1-5H3,(H2,32,41)(H,33,34)(H,35,36,42). The molecular formula is C31H35N9O5. The number of methoxy groups -OCH3 is 1. The van der Waals surface area contributed by atoms with Crippen LogP contribution >= 0.6 is 0 Å². The molecule has 0 aliphatic heterocycles. The van der Waals surface area contributed by atoms with E-state index in [4.69, 9.17) is 14.9 Å². The van der Waals surface area contributed by atoms with E-state index in [1.54, 1.807) is 61.4 Å². The molecule has 0 aliphatic rings. The van der Waals surface area contributed by atoms with E-state index >= 15 is 0 Å². The number of amides is 3. The number of imidazole rings is 1. The summed E-state index contributed by atoms with van der Waals surface area (Å²) >= 11 is 0. The summed E-state index contributed by atoms with van der Waals surface area (Å²) in [6, 6.07) is 12.3. The average molecular weight is 614 g/mol. The highest BCUT2D eigenvalue weighted by Gasteiger charge is 2.21. The smallest absolute Gasteiger partial charge is 0.295 e. The van der Waals surface area contributed by atoms with Crippen LogP contribution in [-0.4, -0.2) is 74.7 Å². The minimum Gasteiger partial charge on any atom is -0.494 e. The monoisotopic (exact) mass is 613 g/mol. The summed E-state index contributed by atoms with van der Waals surface area (Å²) in [4.78, 5) is 48.1. The maximum Gasteiger partial charge on any atom is 0.295 e. The van der Waals surface area contributed by atoms with Gasteiger partial charge in [-0.25, -0.2) is 9.97 Å². The van der Waals surface area contributed by atoms with Crippen LogP contribution in [0.25, 0.3) is 22.4 Å². The molecule has 0 aliphatic carbocycles. The van der Waals surface area contributed by atoms with Crippen LogP contribution in [0.2, 0.25) is 0 Å². The molecule has 0 unspecified atom stereocenters. The minimum atomic E-state index is -0.622. The van der Waals surface area contributed by atoms with E-state index in [2.05, 4.69) is 25.7 Å². The molecule has 45 heavy (non-hydrogen) atoms.